The van der Waals surface area contributed by atoms with Crippen molar-refractivity contribution < 1.29 is 4.39 Å². The molecule has 0 saturated heterocycles. The van der Waals surface area contributed by atoms with Gasteiger partial charge in [0.1, 0.15) is 11.6 Å². The zero-order valence-corrected chi connectivity index (χ0v) is 11.9. The Balaban J connectivity index is 2.38. The van der Waals surface area contributed by atoms with Crippen LogP contribution in [0.3, 0.4) is 0 Å². The summed E-state index contributed by atoms with van der Waals surface area (Å²) in [6, 6.07) is 5.13. The second-order valence-corrected chi connectivity index (χ2v) is 5.50. The average molecular weight is 263 g/mol. The van der Waals surface area contributed by atoms with Gasteiger partial charge >= 0.3 is 0 Å². The minimum atomic E-state index is -0.234. The number of benzene rings is 1. The molecule has 0 aliphatic rings. The molecule has 1 atom stereocenters. The first-order chi connectivity index (χ1) is 9.02. The lowest BCUT2D eigenvalue weighted by Crippen LogP contribution is -2.13. The first-order valence-electron chi connectivity index (χ1n) is 6.89. The summed E-state index contributed by atoms with van der Waals surface area (Å²) < 4.78 is 15.5. The fourth-order valence-corrected chi connectivity index (χ4v) is 2.37. The Kier molecular flexibility index (Phi) is 4.20. The summed E-state index contributed by atoms with van der Waals surface area (Å²) in [6.45, 7) is 7.08. The van der Waals surface area contributed by atoms with Crippen molar-refractivity contribution >= 4 is 11.0 Å². The van der Waals surface area contributed by atoms with E-state index in [0.717, 1.165) is 29.7 Å². The summed E-state index contributed by atoms with van der Waals surface area (Å²) in [5.41, 5.74) is 7.40. The van der Waals surface area contributed by atoms with E-state index in [1.807, 2.05) is 6.07 Å². The number of hydrogen-bond acceptors (Lipinski definition) is 2. The molecule has 4 heteroatoms. The van der Waals surface area contributed by atoms with Gasteiger partial charge in [-0.25, -0.2) is 9.37 Å². The van der Waals surface area contributed by atoms with Crippen LogP contribution in [0.4, 0.5) is 4.39 Å². The van der Waals surface area contributed by atoms with Crippen LogP contribution in [0.25, 0.3) is 11.0 Å². The number of imidazole rings is 1. The monoisotopic (exact) mass is 263 g/mol. The molecule has 0 fully saturated rings. The van der Waals surface area contributed by atoms with Crippen molar-refractivity contribution in [3.05, 3.63) is 29.8 Å². The normalized spacial score (nSPS) is 13.4. The molecule has 2 N–H and O–H groups in total. The maximum atomic E-state index is 13.3. The molecule has 0 aliphatic carbocycles. The summed E-state index contributed by atoms with van der Waals surface area (Å²) >= 11 is 0. The Morgan fingerprint density at radius 1 is 1.32 bits per heavy atom. The van der Waals surface area contributed by atoms with E-state index in [1.54, 1.807) is 0 Å². The first-order valence-corrected chi connectivity index (χ1v) is 6.89. The highest BCUT2D eigenvalue weighted by Gasteiger charge is 2.14. The van der Waals surface area contributed by atoms with Crippen molar-refractivity contribution in [3.63, 3.8) is 0 Å². The molecule has 2 rings (SSSR count). The number of aryl methyl sites for hydroxylation is 1. The van der Waals surface area contributed by atoms with Crippen molar-refractivity contribution in [1.29, 1.82) is 0 Å². The third kappa shape index (κ3) is 2.95. The third-order valence-electron chi connectivity index (χ3n) is 3.50. The average Bonchev–Trinajstić information content (AvgIpc) is 2.73. The van der Waals surface area contributed by atoms with Crippen LogP contribution in [0.5, 0.6) is 0 Å². The van der Waals surface area contributed by atoms with Gasteiger partial charge in [0, 0.05) is 18.5 Å². The van der Waals surface area contributed by atoms with Gasteiger partial charge in [-0.15, -0.1) is 0 Å². The number of halogens is 1. The molecule has 0 saturated carbocycles. The molecule has 1 aromatic carbocycles. The van der Waals surface area contributed by atoms with Gasteiger partial charge in [0.05, 0.1) is 11.0 Å². The van der Waals surface area contributed by atoms with E-state index >= 15 is 0 Å². The fourth-order valence-electron chi connectivity index (χ4n) is 2.37. The molecule has 0 aliphatic heterocycles. The van der Waals surface area contributed by atoms with Crippen molar-refractivity contribution in [2.75, 3.05) is 6.54 Å². The molecule has 1 heterocycles. The summed E-state index contributed by atoms with van der Waals surface area (Å²) in [4.78, 5) is 4.58. The Labute approximate surface area is 113 Å². The number of aromatic nitrogens is 2. The molecule has 1 aromatic heterocycles. The van der Waals surface area contributed by atoms with Crippen LogP contribution in [0.2, 0.25) is 0 Å². The highest BCUT2D eigenvalue weighted by molar-refractivity contribution is 5.76. The Morgan fingerprint density at radius 2 is 2.05 bits per heavy atom. The van der Waals surface area contributed by atoms with Gasteiger partial charge < -0.3 is 10.3 Å². The van der Waals surface area contributed by atoms with E-state index in [2.05, 4.69) is 30.3 Å². The summed E-state index contributed by atoms with van der Waals surface area (Å²) in [7, 11) is 0. The highest BCUT2D eigenvalue weighted by Crippen LogP contribution is 2.23. The maximum absolute atomic E-state index is 13.3. The molecule has 2 aromatic rings. The van der Waals surface area contributed by atoms with Crippen LogP contribution >= 0.6 is 0 Å². The molecule has 0 spiro atoms. The Bertz CT molecular complexity index is 560. The van der Waals surface area contributed by atoms with E-state index in [-0.39, 0.29) is 5.82 Å². The van der Waals surface area contributed by atoms with Crippen LogP contribution in [0, 0.1) is 11.7 Å². The van der Waals surface area contributed by atoms with Crippen molar-refractivity contribution in [2.24, 2.45) is 11.7 Å². The molecular weight excluding hydrogens is 241 g/mol. The number of nitrogens with two attached hydrogens (primary N) is 1. The summed E-state index contributed by atoms with van der Waals surface area (Å²) in [5, 5.41) is 0. The lowest BCUT2D eigenvalue weighted by Gasteiger charge is -2.14. The van der Waals surface area contributed by atoms with Gasteiger partial charge in [-0.05, 0) is 44.9 Å². The number of hydrogen-bond donors (Lipinski definition) is 1. The van der Waals surface area contributed by atoms with Crippen LogP contribution in [0.1, 0.15) is 39.1 Å². The zero-order valence-electron chi connectivity index (χ0n) is 11.9. The standard InChI is InChI=1S/C15H22FN3/c1-10(2)19-14-6-5-12(16)8-13(14)18-15(19)7-4-11(3)9-17/h5-6,8,10-11H,4,7,9,17H2,1-3H3. The van der Waals surface area contributed by atoms with E-state index < -0.39 is 0 Å². The van der Waals surface area contributed by atoms with E-state index in [9.17, 15) is 4.39 Å². The predicted octanol–water partition coefficient (Wildman–Crippen LogP) is 3.28. The second kappa shape index (κ2) is 5.70. The van der Waals surface area contributed by atoms with Gasteiger partial charge in [-0.1, -0.05) is 6.92 Å². The van der Waals surface area contributed by atoms with Crippen molar-refractivity contribution in [2.45, 2.75) is 39.7 Å². The third-order valence-corrected chi connectivity index (χ3v) is 3.50. The highest BCUT2D eigenvalue weighted by atomic mass is 19.1. The molecule has 1 unspecified atom stereocenters. The molecule has 0 amide bonds. The first kappa shape index (κ1) is 14.0. The lowest BCUT2D eigenvalue weighted by atomic mass is 10.1. The Morgan fingerprint density at radius 3 is 2.68 bits per heavy atom. The fraction of sp³-hybridized carbons (Fsp3) is 0.533. The molecule has 0 radical (unpaired) electrons. The second-order valence-electron chi connectivity index (χ2n) is 5.50. The van der Waals surface area contributed by atoms with E-state index in [0.29, 0.717) is 18.5 Å². The molecule has 19 heavy (non-hydrogen) atoms. The van der Waals surface area contributed by atoms with Gasteiger partial charge in [-0.2, -0.15) is 0 Å². The number of nitrogens with zero attached hydrogens (tertiary/aromatic N) is 2. The summed E-state index contributed by atoms with van der Waals surface area (Å²) in [6.07, 6.45) is 1.89. The molecular formula is C15H22FN3. The van der Waals surface area contributed by atoms with Gasteiger partial charge in [-0.3, -0.25) is 0 Å². The lowest BCUT2D eigenvalue weighted by molar-refractivity contribution is 0.510. The minimum absolute atomic E-state index is 0.234. The van der Waals surface area contributed by atoms with E-state index in [1.165, 1.54) is 12.1 Å². The predicted molar refractivity (Wildman–Crippen MR) is 76.6 cm³/mol. The SMILES string of the molecule is CC(CN)CCc1nc2cc(F)ccc2n1C(C)C. The topological polar surface area (TPSA) is 43.8 Å². The maximum Gasteiger partial charge on any atom is 0.125 e. The van der Waals surface area contributed by atoms with Crippen molar-refractivity contribution in [1.82, 2.24) is 9.55 Å². The van der Waals surface area contributed by atoms with Crippen LogP contribution < -0.4 is 5.73 Å². The number of fused-ring (bicyclic) bond motifs is 1. The minimum Gasteiger partial charge on any atom is -0.330 e. The largest absolute Gasteiger partial charge is 0.330 e. The Hall–Kier alpha value is -1.42. The molecule has 104 valence electrons. The van der Waals surface area contributed by atoms with Crippen LogP contribution in [0.15, 0.2) is 18.2 Å². The summed E-state index contributed by atoms with van der Waals surface area (Å²) in [5.74, 6) is 1.27. The van der Waals surface area contributed by atoms with Gasteiger partial charge in [0.25, 0.3) is 0 Å². The van der Waals surface area contributed by atoms with E-state index in [4.69, 9.17) is 5.73 Å². The smallest absolute Gasteiger partial charge is 0.125 e. The van der Waals surface area contributed by atoms with Gasteiger partial charge in [0.15, 0.2) is 0 Å². The van der Waals surface area contributed by atoms with Gasteiger partial charge in [0.2, 0.25) is 0 Å². The van der Waals surface area contributed by atoms with Crippen LogP contribution in [-0.4, -0.2) is 16.1 Å². The molecule has 0 bridgehead atoms. The van der Waals surface area contributed by atoms with Crippen molar-refractivity contribution in [3.8, 4) is 0 Å². The van der Waals surface area contributed by atoms with Crippen LogP contribution in [-0.2, 0) is 6.42 Å². The zero-order chi connectivity index (χ0) is 14.0. The number of rotatable bonds is 5. The quantitative estimate of drug-likeness (QED) is 0.899. The molecule has 3 nitrogen and oxygen atoms in total.